The van der Waals surface area contributed by atoms with Crippen LogP contribution in [0.2, 0.25) is 5.02 Å². The van der Waals surface area contributed by atoms with Gasteiger partial charge in [0.25, 0.3) is 5.91 Å². The molecule has 3 aromatic carbocycles. The first-order valence-corrected chi connectivity index (χ1v) is 11.4. The molecule has 1 heterocycles. The Labute approximate surface area is 204 Å². The van der Waals surface area contributed by atoms with Gasteiger partial charge in [0, 0.05) is 30.9 Å². The maximum Gasteiger partial charge on any atom is 0.262 e. The Hall–Kier alpha value is -2.84. The Kier molecular flexibility index (Phi) is 6.53. The van der Waals surface area contributed by atoms with Gasteiger partial charge < -0.3 is 10.1 Å². The van der Waals surface area contributed by atoms with Gasteiger partial charge in [-0.15, -0.1) is 0 Å². The first-order valence-electron chi connectivity index (χ1n) is 9.91. The Balaban J connectivity index is 1.75. The highest BCUT2D eigenvalue weighted by Crippen LogP contribution is 2.31. The molecule has 32 heavy (non-hydrogen) atoms. The topological polar surface area (TPSA) is 60.3 Å². The molecular weight excluding hydrogens is 539 g/mol. The van der Waals surface area contributed by atoms with E-state index in [4.69, 9.17) is 16.3 Å². The lowest BCUT2D eigenvalue weighted by Crippen LogP contribution is -2.16. The van der Waals surface area contributed by atoms with Gasteiger partial charge in [0.05, 0.1) is 19.0 Å². The Bertz CT molecular complexity index is 1310. The summed E-state index contributed by atoms with van der Waals surface area (Å²) >= 11 is 8.20. The maximum atomic E-state index is 13.4. The number of amides is 1. The number of carbonyl (C=O) groups excluding carboxylic acids is 2. The fourth-order valence-corrected chi connectivity index (χ4v) is 4.18. The monoisotopic (exact) mass is 558 g/mol. The van der Waals surface area contributed by atoms with E-state index in [1.54, 1.807) is 35.9 Å². The number of carbonyl (C=O) groups is 2. The SMILES string of the molecule is COc1ccc2c(c1)c(CC(=O)Nc1ccc(I)cc1)c(C)n2C(=O)c1ccc(Cl)cc1. The first kappa shape index (κ1) is 22.4. The number of benzene rings is 3. The highest BCUT2D eigenvalue weighted by atomic mass is 127. The van der Waals surface area contributed by atoms with Gasteiger partial charge in [0.1, 0.15) is 5.75 Å². The molecule has 0 saturated carbocycles. The molecule has 1 amide bonds. The van der Waals surface area contributed by atoms with Crippen LogP contribution in [-0.2, 0) is 11.2 Å². The summed E-state index contributed by atoms with van der Waals surface area (Å²) in [5.74, 6) is 0.321. The molecule has 4 rings (SSSR count). The minimum absolute atomic E-state index is 0.127. The van der Waals surface area contributed by atoms with Crippen LogP contribution < -0.4 is 10.1 Å². The second kappa shape index (κ2) is 9.34. The number of ether oxygens (including phenoxy) is 1. The van der Waals surface area contributed by atoms with Crippen LogP contribution in [0.3, 0.4) is 0 Å². The van der Waals surface area contributed by atoms with Crippen molar-refractivity contribution in [2.75, 3.05) is 12.4 Å². The van der Waals surface area contributed by atoms with Gasteiger partial charge in [-0.25, -0.2) is 0 Å². The number of anilines is 1. The molecule has 7 heteroatoms. The summed E-state index contributed by atoms with van der Waals surface area (Å²) in [5.41, 5.74) is 3.46. The molecule has 0 fully saturated rings. The molecule has 0 bridgehead atoms. The van der Waals surface area contributed by atoms with Gasteiger partial charge in [-0.05, 0) is 102 Å². The molecule has 0 saturated heterocycles. The second-order valence-corrected chi connectivity index (χ2v) is 9.01. The maximum absolute atomic E-state index is 13.4. The fourth-order valence-electron chi connectivity index (χ4n) is 3.69. The standard InChI is InChI=1S/C25H20ClIN2O3/c1-15-21(14-24(30)28-19-9-7-18(27)8-10-19)22-13-20(32-2)11-12-23(22)29(15)25(31)16-3-5-17(26)6-4-16/h3-13H,14H2,1-2H3,(H,28,30). The minimum atomic E-state index is -0.182. The summed E-state index contributed by atoms with van der Waals surface area (Å²) in [6, 6.07) is 19.9. The molecule has 0 aliphatic carbocycles. The smallest absolute Gasteiger partial charge is 0.262 e. The van der Waals surface area contributed by atoms with Crippen molar-refractivity contribution in [2.45, 2.75) is 13.3 Å². The minimum Gasteiger partial charge on any atom is -0.497 e. The molecule has 0 radical (unpaired) electrons. The number of hydrogen-bond acceptors (Lipinski definition) is 3. The highest BCUT2D eigenvalue weighted by Gasteiger charge is 2.22. The Morgan fingerprint density at radius 3 is 2.38 bits per heavy atom. The lowest BCUT2D eigenvalue weighted by atomic mass is 10.1. The molecule has 0 aliphatic heterocycles. The van der Waals surface area contributed by atoms with Gasteiger partial charge in [-0.1, -0.05) is 11.6 Å². The zero-order chi connectivity index (χ0) is 22.8. The van der Waals surface area contributed by atoms with E-state index in [0.29, 0.717) is 22.0 Å². The van der Waals surface area contributed by atoms with Crippen molar-refractivity contribution in [2.24, 2.45) is 0 Å². The van der Waals surface area contributed by atoms with Crippen molar-refractivity contribution in [1.29, 1.82) is 0 Å². The second-order valence-electron chi connectivity index (χ2n) is 7.33. The number of fused-ring (bicyclic) bond motifs is 1. The van der Waals surface area contributed by atoms with Gasteiger partial charge in [0.2, 0.25) is 5.91 Å². The molecule has 1 aromatic heterocycles. The van der Waals surface area contributed by atoms with E-state index >= 15 is 0 Å². The molecule has 0 atom stereocenters. The van der Waals surface area contributed by atoms with E-state index in [2.05, 4.69) is 27.9 Å². The lowest BCUT2D eigenvalue weighted by Gasteiger charge is -2.08. The van der Waals surface area contributed by atoms with E-state index < -0.39 is 0 Å². The summed E-state index contributed by atoms with van der Waals surface area (Å²) in [6.45, 7) is 1.85. The van der Waals surface area contributed by atoms with Gasteiger partial charge in [0.15, 0.2) is 0 Å². The molecular formula is C25H20ClIN2O3. The number of nitrogens with zero attached hydrogens (tertiary/aromatic N) is 1. The third kappa shape index (κ3) is 4.52. The van der Waals surface area contributed by atoms with Crippen LogP contribution in [0.4, 0.5) is 5.69 Å². The summed E-state index contributed by atoms with van der Waals surface area (Å²) in [7, 11) is 1.59. The molecule has 0 aliphatic rings. The average molecular weight is 559 g/mol. The third-order valence-corrected chi connectivity index (χ3v) is 6.27. The molecule has 0 unspecified atom stereocenters. The van der Waals surface area contributed by atoms with Crippen molar-refractivity contribution in [1.82, 2.24) is 4.57 Å². The summed E-state index contributed by atoms with van der Waals surface area (Å²) in [6.07, 6.45) is 0.127. The van der Waals surface area contributed by atoms with E-state index in [1.807, 2.05) is 49.4 Å². The number of hydrogen-bond donors (Lipinski definition) is 1. The van der Waals surface area contributed by atoms with Gasteiger partial charge in [-0.3, -0.25) is 14.2 Å². The van der Waals surface area contributed by atoms with Crippen molar-refractivity contribution in [3.8, 4) is 5.75 Å². The number of methoxy groups -OCH3 is 1. The Morgan fingerprint density at radius 1 is 1.03 bits per heavy atom. The van der Waals surface area contributed by atoms with Gasteiger partial charge >= 0.3 is 0 Å². The number of aromatic nitrogens is 1. The van der Waals surface area contributed by atoms with E-state index in [-0.39, 0.29) is 18.2 Å². The predicted molar refractivity (Wildman–Crippen MR) is 136 cm³/mol. The predicted octanol–water partition coefficient (Wildman–Crippen LogP) is 6.09. The van der Waals surface area contributed by atoms with Crippen molar-refractivity contribution < 1.29 is 14.3 Å². The first-order chi connectivity index (χ1) is 15.4. The summed E-state index contributed by atoms with van der Waals surface area (Å²) in [5, 5.41) is 4.30. The van der Waals surface area contributed by atoms with Crippen molar-refractivity contribution >= 4 is 62.6 Å². The molecule has 162 valence electrons. The van der Waals surface area contributed by atoms with E-state index in [0.717, 1.165) is 25.7 Å². The van der Waals surface area contributed by atoms with E-state index in [1.165, 1.54) is 0 Å². The molecule has 1 N–H and O–H groups in total. The van der Waals surface area contributed by atoms with Crippen LogP contribution in [0.1, 0.15) is 21.6 Å². The summed E-state index contributed by atoms with van der Waals surface area (Å²) < 4.78 is 8.12. The molecule has 5 nitrogen and oxygen atoms in total. The van der Waals surface area contributed by atoms with E-state index in [9.17, 15) is 9.59 Å². The average Bonchev–Trinajstić information content (AvgIpc) is 3.06. The van der Waals surface area contributed by atoms with Crippen LogP contribution in [0.15, 0.2) is 66.7 Å². The summed E-state index contributed by atoms with van der Waals surface area (Å²) in [4.78, 5) is 26.2. The molecule has 0 spiro atoms. The van der Waals surface area contributed by atoms with Crippen molar-refractivity contribution in [3.05, 3.63) is 92.1 Å². The van der Waals surface area contributed by atoms with Crippen LogP contribution >= 0.6 is 34.2 Å². The zero-order valence-corrected chi connectivity index (χ0v) is 20.4. The number of halogens is 2. The lowest BCUT2D eigenvalue weighted by molar-refractivity contribution is -0.115. The van der Waals surface area contributed by atoms with Crippen LogP contribution in [0, 0.1) is 10.5 Å². The largest absolute Gasteiger partial charge is 0.497 e. The number of rotatable bonds is 5. The normalized spacial score (nSPS) is 10.9. The van der Waals surface area contributed by atoms with Crippen molar-refractivity contribution in [3.63, 3.8) is 0 Å². The van der Waals surface area contributed by atoms with Crippen LogP contribution in [0.25, 0.3) is 10.9 Å². The van der Waals surface area contributed by atoms with Gasteiger partial charge in [-0.2, -0.15) is 0 Å². The quantitative estimate of drug-likeness (QED) is 0.302. The third-order valence-electron chi connectivity index (χ3n) is 5.30. The van der Waals surface area contributed by atoms with Crippen LogP contribution in [0.5, 0.6) is 5.75 Å². The number of nitrogens with one attached hydrogen (secondary N) is 1. The fraction of sp³-hybridized carbons (Fsp3) is 0.120. The highest BCUT2D eigenvalue weighted by molar-refractivity contribution is 14.1. The zero-order valence-electron chi connectivity index (χ0n) is 17.5. The Morgan fingerprint density at radius 2 is 1.72 bits per heavy atom. The molecule has 4 aromatic rings. The van der Waals surface area contributed by atoms with Crippen LogP contribution in [-0.4, -0.2) is 23.5 Å².